The predicted octanol–water partition coefficient (Wildman–Crippen LogP) is 3.69. The summed E-state index contributed by atoms with van der Waals surface area (Å²) in [7, 11) is -3.68. The molecule has 1 aliphatic heterocycles. The molecule has 1 heterocycles. The lowest BCUT2D eigenvalue weighted by Gasteiger charge is -2.28. The van der Waals surface area contributed by atoms with Gasteiger partial charge in [-0.1, -0.05) is 54.6 Å². The number of amides is 1. The van der Waals surface area contributed by atoms with Gasteiger partial charge in [0.05, 0.1) is 4.90 Å². The highest BCUT2D eigenvalue weighted by Gasteiger charge is 2.21. The van der Waals surface area contributed by atoms with E-state index in [9.17, 15) is 13.2 Å². The summed E-state index contributed by atoms with van der Waals surface area (Å²) in [6, 6.07) is 23.3. The van der Waals surface area contributed by atoms with Crippen molar-refractivity contribution in [1.82, 2.24) is 9.62 Å². The van der Waals surface area contributed by atoms with E-state index in [4.69, 9.17) is 4.74 Å². The van der Waals surface area contributed by atoms with Crippen LogP contribution in [0.2, 0.25) is 0 Å². The zero-order chi connectivity index (χ0) is 22.6. The van der Waals surface area contributed by atoms with Gasteiger partial charge < -0.3 is 9.64 Å². The Balaban J connectivity index is 1.33. The van der Waals surface area contributed by atoms with Crippen LogP contribution < -0.4 is 9.46 Å². The molecule has 1 amide bonds. The Hall–Kier alpha value is -3.16. The van der Waals surface area contributed by atoms with Crippen LogP contribution in [0.1, 0.15) is 29.7 Å². The van der Waals surface area contributed by atoms with Crippen molar-refractivity contribution in [2.45, 2.75) is 30.8 Å². The van der Waals surface area contributed by atoms with Crippen LogP contribution in [0.25, 0.3) is 0 Å². The smallest absolute Gasteiger partial charge is 0.260 e. The summed E-state index contributed by atoms with van der Waals surface area (Å²) >= 11 is 0. The van der Waals surface area contributed by atoms with Crippen LogP contribution in [0.3, 0.4) is 0 Å². The third-order valence-electron chi connectivity index (χ3n) is 5.61. The molecule has 3 aromatic rings. The second-order valence-electron chi connectivity index (χ2n) is 7.85. The number of rotatable bonds is 7. The van der Waals surface area contributed by atoms with E-state index in [2.05, 4.69) is 10.8 Å². The maximum absolute atomic E-state index is 12.7. The average Bonchev–Trinajstić information content (AvgIpc) is 2.82. The summed E-state index contributed by atoms with van der Waals surface area (Å²) in [6.45, 7) is 2.97. The van der Waals surface area contributed by atoms with Gasteiger partial charge in [-0.3, -0.25) is 4.79 Å². The highest BCUT2D eigenvalue weighted by atomic mass is 32.2. The number of nitrogens with one attached hydrogen (secondary N) is 1. The standard InChI is InChI=1S/C25H26N2O4S/c1-19(20-7-3-2-4-8-20)26-32(29,30)24-13-11-23(12-14-24)31-18-25(28)27-16-15-21-9-5-6-10-22(21)17-27/h2-14,19,26H,15-18H2,1H3/t19-/m1/s1. The predicted molar refractivity (Wildman–Crippen MR) is 123 cm³/mol. The fourth-order valence-electron chi connectivity index (χ4n) is 3.77. The first-order chi connectivity index (χ1) is 15.4. The first-order valence-corrected chi connectivity index (χ1v) is 12.1. The molecule has 0 saturated carbocycles. The topological polar surface area (TPSA) is 75.7 Å². The molecule has 0 unspecified atom stereocenters. The molecule has 0 saturated heterocycles. The second-order valence-corrected chi connectivity index (χ2v) is 9.56. The molecule has 3 aromatic carbocycles. The normalized spacial score (nSPS) is 14.5. The lowest BCUT2D eigenvalue weighted by molar-refractivity contribution is -0.134. The molecule has 0 fully saturated rings. The molecule has 0 aromatic heterocycles. The van der Waals surface area contributed by atoms with E-state index >= 15 is 0 Å². The number of ether oxygens (including phenoxy) is 1. The van der Waals surface area contributed by atoms with Gasteiger partial charge in [0.25, 0.3) is 5.91 Å². The first-order valence-electron chi connectivity index (χ1n) is 10.6. The van der Waals surface area contributed by atoms with Crippen molar-refractivity contribution in [1.29, 1.82) is 0 Å². The van der Waals surface area contributed by atoms with Crippen LogP contribution in [-0.4, -0.2) is 32.4 Å². The Kier molecular flexibility index (Phi) is 6.58. The number of hydrogen-bond donors (Lipinski definition) is 1. The fourth-order valence-corrected chi connectivity index (χ4v) is 5.00. The molecule has 7 heteroatoms. The van der Waals surface area contributed by atoms with Gasteiger partial charge in [0, 0.05) is 19.1 Å². The summed E-state index contributed by atoms with van der Waals surface area (Å²) in [5.74, 6) is 0.361. The van der Waals surface area contributed by atoms with E-state index in [1.807, 2.05) is 48.5 Å². The van der Waals surface area contributed by atoms with E-state index in [1.165, 1.54) is 23.3 Å². The monoisotopic (exact) mass is 450 g/mol. The van der Waals surface area contributed by atoms with Gasteiger partial charge in [0.2, 0.25) is 10.0 Å². The van der Waals surface area contributed by atoms with Gasteiger partial charge in [-0.15, -0.1) is 0 Å². The maximum atomic E-state index is 12.7. The van der Waals surface area contributed by atoms with Crippen LogP contribution in [-0.2, 0) is 27.8 Å². The lowest BCUT2D eigenvalue weighted by Crippen LogP contribution is -2.38. The molecule has 0 aliphatic carbocycles. The van der Waals surface area contributed by atoms with Gasteiger partial charge >= 0.3 is 0 Å². The molecule has 1 atom stereocenters. The number of nitrogens with zero attached hydrogens (tertiary/aromatic N) is 1. The molecule has 1 N–H and O–H groups in total. The molecule has 4 rings (SSSR count). The number of hydrogen-bond acceptors (Lipinski definition) is 4. The minimum Gasteiger partial charge on any atom is -0.484 e. The van der Waals surface area contributed by atoms with Crippen LogP contribution in [0.4, 0.5) is 0 Å². The summed E-state index contributed by atoms with van der Waals surface area (Å²) in [5.41, 5.74) is 3.33. The average molecular weight is 451 g/mol. The Morgan fingerprint density at radius 2 is 1.62 bits per heavy atom. The van der Waals surface area contributed by atoms with Crippen molar-refractivity contribution in [2.24, 2.45) is 0 Å². The van der Waals surface area contributed by atoms with Crippen LogP contribution in [0.5, 0.6) is 5.75 Å². The molecule has 0 bridgehead atoms. The Morgan fingerprint density at radius 1 is 0.969 bits per heavy atom. The third kappa shape index (κ3) is 5.18. The lowest BCUT2D eigenvalue weighted by atomic mass is 10.00. The molecule has 166 valence electrons. The quantitative estimate of drug-likeness (QED) is 0.596. The number of carbonyl (C=O) groups is 1. The zero-order valence-electron chi connectivity index (χ0n) is 17.9. The van der Waals surface area contributed by atoms with Gasteiger partial charge in [-0.05, 0) is 54.3 Å². The van der Waals surface area contributed by atoms with E-state index in [0.717, 1.165) is 12.0 Å². The summed E-state index contributed by atoms with van der Waals surface area (Å²) in [4.78, 5) is 14.5. The van der Waals surface area contributed by atoms with Crippen LogP contribution in [0, 0.1) is 0 Å². The van der Waals surface area contributed by atoms with Crippen molar-refractivity contribution >= 4 is 15.9 Å². The molecular weight excluding hydrogens is 424 g/mol. The number of fused-ring (bicyclic) bond motifs is 1. The Bertz CT molecular complexity index is 1180. The van der Waals surface area contributed by atoms with E-state index in [-0.39, 0.29) is 23.5 Å². The van der Waals surface area contributed by atoms with Crippen LogP contribution in [0.15, 0.2) is 83.8 Å². The number of benzene rings is 3. The van der Waals surface area contributed by atoms with E-state index in [0.29, 0.717) is 18.8 Å². The molecule has 1 aliphatic rings. The minimum absolute atomic E-state index is 0.0858. The SMILES string of the molecule is C[C@@H](NS(=O)(=O)c1ccc(OCC(=O)N2CCc3ccccc3C2)cc1)c1ccccc1. The second kappa shape index (κ2) is 9.54. The summed E-state index contributed by atoms with van der Waals surface area (Å²) in [6.07, 6.45) is 0.836. The summed E-state index contributed by atoms with van der Waals surface area (Å²) in [5, 5.41) is 0. The van der Waals surface area contributed by atoms with Crippen molar-refractivity contribution in [3.8, 4) is 5.75 Å². The van der Waals surface area contributed by atoms with Crippen molar-refractivity contribution < 1.29 is 17.9 Å². The van der Waals surface area contributed by atoms with Gasteiger partial charge in [0.1, 0.15) is 5.75 Å². The molecule has 0 spiro atoms. The number of sulfonamides is 1. The molecule has 0 radical (unpaired) electrons. The van der Waals surface area contributed by atoms with Gasteiger partial charge in [-0.25, -0.2) is 13.1 Å². The molecule has 6 nitrogen and oxygen atoms in total. The molecular formula is C25H26N2O4S. The minimum atomic E-state index is -3.68. The fraction of sp³-hybridized carbons (Fsp3) is 0.240. The van der Waals surface area contributed by atoms with Crippen molar-refractivity contribution in [3.63, 3.8) is 0 Å². The van der Waals surface area contributed by atoms with Gasteiger partial charge in [-0.2, -0.15) is 0 Å². The van der Waals surface area contributed by atoms with Crippen LogP contribution >= 0.6 is 0 Å². The van der Waals surface area contributed by atoms with E-state index in [1.54, 1.807) is 24.0 Å². The highest BCUT2D eigenvalue weighted by Crippen LogP contribution is 2.21. The van der Waals surface area contributed by atoms with Crippen molar-refractivity contribution in [3.05, 3.63) is 95.6 Å². The van der Waals surface area contributed by atoms with Gasteiger partial charge in [0.15, 0.2) is 6.61 Å². The maximum Gasteiger partial charge on any atom is 0.260 e. The van der Waals surface area contributed by atoms with E-state index < -0.39 is 10.0 Å². The first kappa shape index (κ1) is 22.0. The zero-order valence-corrected chi connectivity index (χ0v) is 18.7. The molecule has 32 heavy (non-hydrogen) atoms. The van der Waals surface area contributed by atoms with Crippen molar-refractivity contribution in [2.75, 3.05) is 13.2 Å². The Labute approximate surface area is 188 Å². The number of carbonyl (C=O) groups excluding carboxylic acids is 1. The summed E-state index contributed by atoms with van der Waals surface area (Å²) < 4.78 is 33.7. The Morgan fingerprint density at radius 3 is 2.34 bits per heavy atom. The largest absolute Gasteiger partial charge is 0.484 e. The highest BCUT2D eigenvalue weighted by molar-refractivity contribution is 7.89. The third-order valence-corrected chi connectivity index (χ3v) is 7.17.